The fraction of sp³-hybridized carbons (Fsp3) is 0.333. The summed E-state index contributed by atoms with van der Waals surface area (Å²) in [6.45, 7) is 4.11. The molecule has 0 spiro atoms. The third-order valence-electron chi connectivity index (χ3n) is 3.83. The third kappa shape index (κ3) is 6.90. The normalized spacial score (nSPS) is 11.1. The van der Waals surface area contributed by atoms with Crippen LogP contribution in [0.3, 0.4) is 0 Å². The van der Waals surface area contributed by atoms with Crippen LogP contribution in [0.4, 0.5) is 4.39 Å². The molecule has 0 saturated heterocycles. The molecular weight excluding hydrogens is 359 g/mol. The monoisotopic (exact) mass is 386 g/mol. The van der Waals surface area contributed by atoms with Crippen LogP contribution in [0.5, 0.6) is 5.75 Å². The predicted molar refractivity (Wildman–Crippen MR) is 109 cm³/mol. The van der Waals surface area contributed by atoms with Gasteiger partial charge in [-0.25, -0.2) is 9.38 Å². The lowest BCUT2D eigenvalue weighted by Crippen LogP contribution is -2.39. The molecule has 28 heavy (non-hydrogen) atoms. The molecule has 0 saturated carbocycles. The van der Waals surface area contributed by atoms with E-state index in [2.05, 4.69) is 15.6 Å². The van der Waals surface area contributed by atoms with Gasteiger partial charge in [0.25, 0.3) is 5.91 Å². The number of nitrogens with zero attached hydrogens (tertiary/aromatic N) is 2. The Kier molecular flexibility index (Phi) is 8.27. The minimum absolute atomic E-state index is 0.0247. The number of amides is 1. The molecule has 0 heterocycles. The maximum atomic E-state index is 13.1. The highest BCUT2D eigenvalue weighted by Gasteiger charge is 2.07. The molecule has 1 amide bonds. The molecule has 2 N–H and O–H groups in total. The van der Waals surface area contributed by atoms with Crippen LogP contribution in [0.25, 0.3) is 0 Å². The smallest absolute Gasteiger partial charge is 0.253 e. The number of rotatable bonds is 8. The first-order valence-electron chi connectivity index (χ1n) is 9.20. The summed E-state index contributed by atoms with van der Waals surface area (Å²) in [6.07, 6.45) is 0. The minimum atomic E-state index is -0.321. The second-order valence-corrected chi connectivity index (χ2v) is 6.32. The van der Waals surface area contributed by atoms with E-state index in [1.54, 1.807) is 43.3 Å². The number of aliphatic imine (C=N–C) groups is 1. The van der Waals surface area contributed by atoms with Gasteiger partial charge < -0.3 is 20.3 Å². The van der Waals surface area contributed by atoms with E-state index < -0.39 is 0 Å². The van der Waals surface area contributed by atoms with Crippen LogP contribution in [0.2, 0.25) is 0 Å². The highest BCUT2D eigenvalue weighted by Crippen LogP contribution is 2.11. The summed E-state index contributed by atoms with van der Waals surface area (Å²) in [5, 5.41) is 6.35. The van der Waals surface area contributed by atoms with Crippen molar-refractivity contribution in [3.05, 3.63) is 65.5 Å². The van der Waals surface area contributed by atoms with Crippen LogP contribution in [0, 0.1) is 5.82 Å². The molecule has 0 aliphatic rings. The first kappa shape index (κ1) is 21.2. The topological polar surface area (TPSA) is 66.0 Å². The van der Waals surface area contributed by atoms with Gasteiger partial charge in [-0.15, -0.1) is 0 Å². The Balaban J connectivity index is 1.85. The number of carbonyl (C=O) groups excluding carboxylic acids is 1. The SMILES string of the molecule is CCNC(=NCc1ccc(C(=O)N(C)C)cc1)NCCOc1cccc(F)c1. The molecule has 6 nitrogen and oxygen atoms in total. The Morgan fingerprint density at radius 1 is 1.14 bits per heavy atom. The van der Waals surface area contributed by atoms with Gasteiger partial charge in [0.2, 0.25) is 0 Å². The van der Waals surface area contributed by atoms with E-state index in [4.69, 9.17) is 4.74 Å². The number of nitrogens with one attached hydrogen (secondary N) is 2. The quantitative estimate of drug-likeness (QED) is 0.416. The van der Waals surface area contributed by atoms with Gasteiger partial charge in [-0.1, -0.05) is 18.2 Å². The zero-order valence-electron chi connectivity index (χ0n) is 16.5. The summed E-state index contributed by atoms with van der Waals surface area (Å²) in [6, 6.07) is 13.5. The fourth-order valence-electron chi connectivity index (χ4n) is 2.42. The average Bonchev–Trinajstić information content (AvgIpc) is 2.69. The van der Waals surface area contributed by atoms with Crippen molar-refractivity contribution in [2.75, 3.05) is 33.8 Å². The van der Waals surface area contributed by atoms with E-state index in [-0.39, 0.29) is 11.7 Å². The number of halogens is 1. The van der Waals surface area contributed by atoms with Crippen molar-refractivity contribution in [2.24, 2.45) is 4.99 Å². The molecule has 0 aliphatic heterocycles. The Morgan fingerprint density at radius 3 is 2.54 bits per heavy atom. The van der Waals surface area contributed by atoms with Gasteiger partial charge >= 0.3 is 0 Å². The van der Waals surface area contributed by atoms with Crippen molar-refractivity contribution in [1.29, 1.82) is 0 Å². The van der Waals surface area contributed by atoms with E-state index in [1.165, 1.54) is 12.1 Å². The molecular formula is C21H27FN4O2. The molecule has 2 rings (SSSR count). The van der Waals surface area contributed by atoms with Gasteiger partial charge in [0.05, 0.1) is 13.1 Å². The number of guanidine groups is 1. The third-order valence-corrected chi connectivity index (χ3v) is 3.83. The number of carbonyl (C=O) groups is 1. The number of benzene rings is 2. The van der Waals surface area contributed by atoms with Crippen LogP contribution in [-0.4, -0.2) is 50.6 Å². The van der Waals surface area contributed by atoms with Crippen molar-refractivity contribution in [2.45, 2.75) is 13.5 Å². The van der Waals surface area contributed by atoms with Crippen LogP contribution in [0.1, 0.15) is 22.8 Å². The molecule has 0 radical (unpaired) electrons. The van der Waals surface area contributed by atoms with Crippen molar-refractivity contribution in [3.63, 3.8) is 0 Å². The van der Waals surface area contributed by atoms with E-state index in [1.807, 2.05) is 19.1 Å². The first-order chi connectivity index (χ1) is 13.5. The second-order valence-electron chi connectivity index (χ2n) is 6.32. The second kappa shape index (κ2) is 10.9. The summed E-state index contributed by atoms with van der Waals surface area (Å²) < 4.78 is 18.6. The Labute approximate surface area is 165 Å². The lowest BCUT2D eigenvalue weighted by Gasteiger charge is -2.12. The van der Waals surface area contributed by atoms with Crippen molar-refractivity contribution in [1.82, 2.24) is 15.5 Å². The first-order valence-corrected chi connectivity index (χ1v) is 9.20. The van der Waals surface area contributed by atoms with E-state index >= 15 is 0 Å². The van der Waals surface area contributed by atoms with Gasteiger partial charge in [0.15, 0.2) is 5.96 Å². The van der Waals surface area contributed by atoms with E-state index in [9.17, 15) is 9.18 Å². The maximum absolute atomic E-state index is 13.1. The summed E-state index contributed by atoms with van der Waals surface area (Å²) in [4.78, 5) is 18.0. The van der Waals surface area contributed by atoms with Crippen LogP contribution < -0.4 is 15.4 Å². The van der Waals surface area contributed by atoms with Gasteiger partial charge in [0.1, 0.15) is 18.2 Å². The van der Waals surface area contributed by atoms with Gasteiger partial charge in [-0.05, 0) is 36.8 Å². The zero-order chi connectivity index (χ0) is 20.4. The number of hydrogen-bond donors (Lipinski definition) is 2. The van der Waals surface area contributed by atoms with Gasteiger partial charge in [-0.3, -0.25) is 4.79 Å². The van der Waals surface area contributed by atoms with E-state index in [0.717, 1.165) is 12.1 Å². The van der Waals surface area contributed by atoms with Crippen molar-refractivity contribution >= 4 is 11.9 Å². The lowest BCUT2D eigenvalue weighted by molar-refractivity contribution is 0.0827. The number of hydrogen-bond acceptors (Lipinski definition) is 3. The molecule has 0 unspecified atom stereocenters. The van der Waals surface area contributed by atoms with Crippen LogP contribution >= 0.6 is 0 Å². The average molecular weight is 386 g/mol. The van der Waals surface area contributed by atoms with Crippen LogP contribution in [-0.2, 0) is 6.54 Å². The molecule has 0 aliphatic carbocycles. The Hall–Kier alpha value is -3.09. The highest BCUT2D eigenvalue weighted by atomic mass is 19.1. The Morgan fingerprint density at radius 2 is 1.89 bits per heavy atom. The molecule has 7 heteroatoms. The molecule has 150 valence electrons. The van der Waals surface area contributed by atoms with Gasteiger partial charge in [-0.2, -0.15) is 0 Å². The Bertz CT molecular complexity index is 791. The molecule has 2 aromatic carbocycles. The molecule has 0 aromatic heterocycles. The maximum Gasteiger partial charge on any atom is 0.253 e. The van der Waals surface area contributed by atoms with Crippen LogP contribution in [0.15, 0.2) is 53.5 Å². The standard InChI is InChI=1S/C21H27FN4O2/c1-4-23-21(24-12-13-28-19-7-5-6-18(22)14-19)25-15-16-8-10-17(11-9-16)20(27)26(2)3/h5-11,14H,4,12-13,15H2,1-3H3,(H2,23,24,25). The lowest BCUT2D eigenvalue weighted by atomic mass is 10.1. The summed E-state index contributed by atoms with van der Waals surface area (Å²) >= 11 is 0. The zero-order valence-corrected chi connectivity index (χ0v) is 16.5. The summed E-state index contributed by atoms with van der Waals surface area (Å²) in [7, 11) is 3.46. The summed E-state index contributed by atoms with van der Waals surface area (Å²) in [5.74, 6) is 0.817. The number of ether oxygens (including phenoxy) is 1. The fourth-order valence-corrected chi connectivity index (χ4v) is 2.42. The summed E-state index contributed by atoms with van der Waals surface area (Å²) in [5.41, 5.74) is 1.65. The van der Waals surface area contributed by atoms with Crippen molar-refractivity contribution < 1.29 is 13.9 Å². The van der Waals surface area contributed by atoms with Crippen molar-refractivity contribution in [3.8, 4) is 5.75 Å². The van der Waals surface area contributed by atoms with E-state index in [0.29, 0.717) is 37.0 Å². The van der Waals surface area contributed by atoms with Gasteiger partial charge in [0, 0.05) is 32.3 Å². The highest BCUT2D eigenvalue weighted by molar-refractivity contribution is 5.93. The molecule has 0 atom stereocenters. The molecule has 0 bridgehead atoms. The predicted octanol–water partition coefficient (Wildman–Crippen LogP) is 2.66. The minimum Gasteiger partial charge on any atom is -0.492 e. The molecule has 0 fully saturated rings. The largest absolute Gasteiger partial charge is 0.492 e. The molecule has 2 aromatic rings.